The lowest BCUT2D eigenvalue weighted by Gasteiger charge is -2.27. The molecule has 2 aromatic rings. The fraction of sp³-hybridized carbons (Fsp3) is 0.484. The van der Waals surface area contributed by atoms with Crippen molar-refractivity contribution in [3.63, 3.8) is 0 Å². The monoisotopic (exact) mass is 685 g/mol. The van der Waals surface area contributed by atoms with Crippen LogP contribution < -0.4 is 0 Å². The van der Waals surface area contributed by atoms with Gasteiger partial charge in [-0.2, -0.15) is 16.8 Å². The molecule has 6 atom stereocenters. The Labute approximate surface area is 271 Å². The first kappa shape index (κ1) is 40.4. The summed E-state index contributed by atoms with van der Waals surface area (Å²) in [6.45, 7) is 6.85. The molecule has 0 saturated heterocycles. The van der Waals surface area contributed by atoms with Crippen molar-refractivity contribution in [3.8, 4) is 0 Å². The van der Waals surface area contributed by atoms with Gasteiger partial charge >= 0.3 is 11.9 Å². The van der Waals surface area contributed by atoms with E-state index in [0.29, 0.717) is 30.3 Å². The second-order valence-corrected chi connectivity index (χ2v) is 13.5. The van der Waals surface area contributed by atoms with Crippen LogP contribution in [0.5, 0.6) is 0 Å². The summed E-state index contributed by atoms with van der Waals surface area (Å²) in [5.74, 6) is -2.22. The Bertz CT molecular complexity index is 1470. The summed E-state index contributed by atoms with van der Waals surface area (Å²) in [5, 5.41) is 3.65. The Morgan fingerprint density at radius 3 is 1.41 bits per heavy atom. The molecule has 0 amide bonds. The number of hydrogen-bond donors (Lipinski definition) is 0. The maximum atomic E-state index is 12.2. The number of oxime groups is 1. The van der Waals surface area contributed by atoms with Crippen LogP contribution in [0.3, 0.4) is 0 Å². The standard InChI is InChI=1S/C16H23NO6S.C15H20O6S/c1-5-14(23-24(4,19)20)12(2)15(11-17-21-3)22-16(18)13-9-7-6-8-10-13;1-4-13(21-22(3,18)19)11(2)14(10-16)20-15(17)12-8-6-5-7-9-12/h6-12,14-15H,5H2,1-4H3;5-11,13-14H,4H2,1-3H3/t12-,14-,15+;11-,13-,14+/m11/s1. The average molecular weight is 686 g/mol. The van der Waals surface area contributed by atoms with Crippen molar-refractivity contribution < 1.29 is 53.9 Å². The van der Waals surface area contributed by atoms with Crippen molar-refractivity contribution in [2.75, 3.05) is 19.6 Å². The van der Waals surface area contributed by atoms with Crippen molar-refractivity contribution in [1.82, 2.24) is 0 Å². The molecule has 0 fully saturated rings. The molecular formula is C31H43NO12S2. The largest absolute Gasteiger partial charge is 0.452 e. The predicted molar refractivity (Wildman–Crippen MR) is 171 cm³/mol. The van der Waals surface area contributed by atoms with Crippen molar-refractivity contribution in [1.29, 1.82) is 0 Å². The fourth-order valence-corrected chi connectivity index (χ4v) is 5.63. The van der Waals surface area contributed by atoms with E-state index >= 15 is 0 Å². The van der Waals surface area contributed by atoms with Crippen molar-refractivity contribution in [2.45, 2.75) is 65.0 Å². The Kier molecular flexibility index (Phi) is 17.3. The number of esters is 2. The Morgan fingerprint density at radius 2 is 1.09 bits per heavy atom. The summed E-state index contributed by atoms with van der Waals surface area (Å²) < 4.78 is 65.9. The van der Waals surface area contributed by atoms with Gasteiger partial charge in [0.15, 0.2) is 12.4 Å². The van der Waals surface area contributed by atoms with Gasteiger partial charge in [-0.15, -0.1) is 0 Å². The second-order valence-electron chi connectivity index (χ2n) is 10.3. The first-order valence-corrected chi connectivity index (χ1v) is 18.0. The summed E-state index contributed by atoms with van der Waals surface area (Å²) >= 11 is 0. The number of aldehydes is 1. The first-order valence-electron chi connectivity index (χ1n) is 14.4. The zero-order chi connectivity index (χ0) is 34.9. The van der Waals surface area contributed by atoms with Gasteiger partial charge in [0.05, 0.1) is 42.1 Å². The molecule has 15 heteroatoms. The molecule has 2 aromatic carbocycles. The third kappa shape index (κ3) is 15.1. The van der Waals surface area contributed by atoms with E-state index in [1.807, 2.05) is 0 Å². The lowest BCUT2D eigenvalue weighted by atomic mass is 9.97. The van der Waals surface area contributed by atoms with Crippen LogP contribution in [0.4, 0.5) is 0 Å². The molecule has 0 bridgehead atoms. The van der Waals surface area contributed by atoms with Crippen LogP contribution in [0, 0.1) is 11.8 Å². The molecular weight excluding hydrogens is 642 g/mol. The van der Waals surface area contributed by atoms with Crippen LogP contribution >= 0.6 is 0 Å². The van der Waals surface area contributed by atoms with Gasteiger partial charge in [0.25, 0.3) is 20.2 Å². The van der Waals surface area contributed by atoms with Gasteiger partial charge in [-0.05, 0) is 37.1 Å². The molecule has 0 aliphatic carbocycles. The molecule has 2 rings (SSSR count). The van der Waals surface area contributed by atoms with Crippen LogP contribution in [0.15, 0.2) is 65.8 Å². The molecule has 0 heterocycles. The maximum Gasteiger partial charge on any atom is 0.338 e. The van der Waals surface area contributed by atoms with Crippen LogP contribution in [0.1, 0.15) is 61.3 Å². The van der Waals surface area contributed by atoms with Crippen molar-refractivity contribution in [2.24, 2.45) is 17.0 Å². The molecule has 0 aromatic heterocycles. The van der Waals surface area contributed by atoms with Gasteiger partial charge in [-0.3, -0.25) is 13.2 Å². The minimum atomic E-state index is -3.66. The summed E-state index contributed by atoms with van der Waals surface area (Å²) in [5.41, 5.74) is 0.705. The van der Waals surface area contributed by atoms with Crippen molar-refractivity contribution in [3.05, 3.63) is 71.8 Å². The SMILES string of the molecule is CC[C@@H](OS(C)(=O)=O)[C@@H](C)[C@H](C=NOC)OC(=O)c1ccccc1.CC[C@@H](OS(C)(=O)=O)[C@@H](C)[C@H](C=O)OC(=O)c1ccccc1. The molecule has 0 N–H and O–H groups in total. The molecule has 13 nitrogen and oxygen atoms in total. The predicted octanol–water partition coefficient (Wildman–Crippen LogP) is 4.04. The van der Waals surface area contributed by atoms with Gasteiger partial charge in [0.2, 0.25) is 0 Å². The quantitative estimate of drug-likeness (QED) is 0.0769. The summed E-state index contributed by atoms with van der Waals surface area (Å²) in [4.78, 5) is 40.1. The lowest BCUT2D eigenvalue weighted by Crippen LogP contribution is -2.37. The van der Waals surface area contributed by atoms with Crippen LogP contribution in [0.25, 0.3) is 0 Å². The van der Waals surface area contributed by atoms with Crippen LogP contribution in [-0.4, -0.2) is 85.3 Å². The normalized spacial score (nSPS) is 15.6. The van der Waals surface area contributed by atoms with Crippen LogP contribution in [-0.2, 0) is 47.7 Å². The van der Waals surface area contributed by atoms with Gasteiger partial charge in [0, 0.05) is 11.8 Å². The molecule has 256 valence electrons. The van der Waals surface area contributed by atoms with E-state index in [0.717, 1.165) is 12.5 Å². The van der Waals surface area contributed by atoms with Gasteiger partial charge < -0.3 is 14.3 Å². The minimum absolute atomic E-state index is 0.318. The molecule has 0 saturated carbocycles. The minimum Gasteiger partial charge on any atom is -0.452 e. The molecule has 0 aliphatic heterocycles. The summed E-state index contributed by atoms with van der Waals surface area (Å²) in [7, 11) is -5.93. The lowest BCUT2D eigenvalue weighted by molar-refractivity contribution is -0.119. The number of rotatable bonds is 17. The number of carbonyl (C=O) groups excluding carboxylic acids is 3. The highest BCUT2D eigenvalue weighted by Gasteiger charge is 2.32. The Balaban J connectivity index is 0.000000462. The van der Waals surface area contributed by atoms with Crippen LogP contribution in [0.2, 0.25) is 0 Å². The second kappa shape index (κ2) is 19.8. The van der Waals surface area contributed by atoms with E-state index in [1.54, 1.807) is 88.4 Å². The number of carbonyl (C=O) groups is 3. The average Bonchev–Trinajstić information content (AvgIpc) is 3.02. The molecule has 0 radical (unpaired) electrons. The Hall–Kier alpha value is -3.66. The molecule has 0 unspecified atom stereocenters. The van der Waals surface area contributed by atoms with E-state index in [2.05, 4.69) is 9.99 Å². The van der Waals surface area contributed by atoms with Gasteiger partial charge in [-0.1, -0.05) is 69.2 Å². The van der Waals surface area contributed by atoms with Gasteiger partial charge in [0.1, 0.15) is 13.2 Å². The van der Waals surface area contributed by atoms with Crippen molar-refractivity contribution >= 4 is 44.7 Å². The Morgan fingerprint density at radius 1 is 0.717 bits per heavy atom. The fourth-order valence-electron chi connectivity index (χ4n) is 4.11. The smallest absolute Gasteiger partial charge is 0.338 e. The zero-order valence-electron chi connectivity index (χ0n) is 27.0. The van der Waals surface area contributed by atoms with E-state index in [1.165, 1.54) is 13.3 Å². The molecule has 0 spiro atoms. The number of nitrogens with zero attached hydrogens (tertiary/aromatic N) is 1. The number of benzene rings is 2. The number of ether oxygens (including phenoxy) is 2. The highest BCUT2D eigenvalue weighted by Crippen LogP contribution is 2.21. The molecule has 46 heavy (non-hydrogen) atoms. The summed E-state index contributed by atoms with van der Waals surface area (Å²) in [6, 6.07) is 16.7. The maximum absolute atomic E-state index is 12.2. The third-order valence-electron chi connectivity index (χ3n) is 6.56. The van der Waals surface area contributed by atoms with E-state index in [9.17, 15) is 31.2 Å². The highest BCUT2D eigenvalue weighted by atomic mass is 32.2. The first-order chi connectivity index (χ1) is 21.6. The van der Waals surface area contributed by atoms with Gasteiger partial charge in [-0.25, -0.2) is 9.59 Å². The summed E-state index contributed by atoms with van der Waals surface area (Å²) in [6.07, 6.45) is 1.23. The van der Waals surface area contributed by atoms with E-state index in [4.69, 9.17) is 17.8 Å². The zero-order valence-corrected chi connectivity index (χ0v) is 28.6. The third-order valence-corrected chi connectivity index (χ3v) is 7.76. The van der Waals surface area contributed by atoms with E-state index in [-0.39, 0.29) is 0 Å². The molecule has 0 aliphatic rings. The van der Waals surface area contributed by atoms with E-state index < -0.39 is 68.4 Å². The topological polar surface area (TPSA) is 178 Å². The highest BCUT2D eigenvalue weighted by molar-refractivity contribution is 7.86. The number of hydrogen-bond acceptors (Lipinski definition) is 13.